The van der Waals surface area contributed by atoms with E-state index in [2.05, 4.69) is 24.8 Å². The molecule has 1 atom stereocenters. The molecule has 0 spiro atoms. The minimum absolute atomic E-state index is 0.0266. The number of hydrogen-bond donors (Lipinski definition) is 2. The molecule has 1 aliphatic rings. The zero-order valence-corrected chi connectivity index (χ0v) is 19.6. The molecule has 1 aliphatic carbocycles. The third kappa shape index (κ3) is 4.58. The molecule has 0 radical (unpaired) electrons. The van der Waals surface area contributed by atoms with Gasteiger partial charge in [0.25, 0.3) is 5.89 Å². The number of carbonyl (C=O) groups is 1. The quantitative estimate of drug-likeness (QED) is 0.268. The fraction of sp³-hybridized carbons (Fsp3) is 0.185. The monoisotopic (exact) mass is 520 g/mol. The Morgan fingerprint density at radius 1 is 1.11 bits per heavy atom. The van der Waals surface area contributed by atoms with E-state index in [9.17, 15) is 23.1 Å². The van der Waals surface area contributed by atoms with E-state index in [0.717, 1.165) is 35.0 Å². The van der Waals surface area contributed by atoms with Crippen LogP contribution in [-0.2, 0) is 11.2 Å². The molecular formula is C27H19F3N4O4. The van der Waals surface area contributed by atoms with Crippen LogP contribution in [0.4, 0.5) is 13.2 Å². The number of aliphatic carboxylic acids is 1. The Balaban J connectivity index is 1.36. The number of carboxylic acid groups (broad SMARTS) is 1. The summed E-state index contributed by atoms with van der Waals surface area (Å²) in [6.45, 7) is 0. The van der Waals surface area contributed by atoms with Gasteiger partial charge >= 0.3 is 12.3 Å². The first kappa shape index (κ1) is 23.7. The van der Waals surface area contributed by atoms with E-state index in [1.165, 1.54) is 18.3 Å². The molecule has 3 aromatic heterocycles. The molecular weight excluding hydrogens is 501 g/mol. The van der Waals surface area contributed by atoms with Gasteiger partial charge in [0.1, 0.15) is 5.75 Å². The highest BCUT2D eigenvalue weighted by molar-refractivity contribution is 5.89. The van der Waals surface area contributed by atoms with Gasteiger partial charge in [0, 0.05) is 51.6 Å². The first-order valence-corrected chi connectivity index (χ1v) is 11.8. The Bertz CT molecular complexity index is 1660. The number of pyridine rings is 1. The summed E-state index contributed by atoms with van der Waals surface area (Å²) in [6.07, 6.45) is -0.193. The van der Waals surface area contributed by atoms with Gasteiger partial charge in [-0.2, -0.15) is 4.98 Å². The van der Waals surface area contributed by atoms with Crippen molar-refractivity contribution in [3.8, 4) is 39.7 Å². The number of halogens is 3. The molecule has 0 saturated heterocycles. The topological polar surface area (TPSA) is 114 Å². The lowest BCUT2D eigenvalue weighted by molar-refractivity contribution is -0.274. The molecule has 2 aromatic carbocycles. The number of aromatic nitrogens is 4. The van der Waals surface area contributed by atoms with Gasteiger partial charge in [0.2, 0.25) is 5.82 Å². The maximum absolute atomic E-state index is 13.0. The smallest absolute Gasteiger partial charge is 0.481 e. The highest BCUT2D eigenvalue weighted by Gasteiger charge is 2.32. The molecule has 3 heterocycles. The van der Waals surface area contributed by atoms with Crippen molar-refractivity contribution in [1.29, 1.82) is 0 Å². The number of hydrogen-bond acceptors (Lipinski definition) is 6. The van der Waals surface area contributed by atoms with Crippen LogP contribution in [0.1, 0.15) is 30.0 Å². The summed E-state index contributed by atoms with van der Waals surface area (Å²) in [5.41, 5.74) is 4.85. The third-order valence-electron chi connectivity index (χ3n) is 6.58. The Labute approximate surface area is 213 Å². The Hall–Kier alpha value is -4.67. The van der Waals surface area contributed by atoms with Crippen molar-refractivity contribution in [1.82, 2.24) is 20.1 Å². The zero-order chi connectivity index (χ0) is 26.4. The van der Waals surface area contributed by atoms with Crippen molar-refractivity contribution in [3.05, 3.63) is 72.2 Å². The number of aryl methyl sites for hydroxylation is 1. The summed E-state index contributed by atoms with van der Waals surface area (Å²) in [6, 6.07) is 13.1. The molecule has 0 fully saturated rings. The van der Waals surface area contributed by atoms with Crippen LogP contribution < -0.4 is 4.74 Å². The van der Waals surface area contributed by atoms with E-state index in [1.807, 2.05) is 12.1 Å². The lowest BCUT2D eigenvalue weighted by Crippen LogP contribution is -2.17. The van der Waals surface area contributed by atoms with Crippen molar-refractivity contribution < 1.29 is 32.3 Å². The first-order chi connectivity index (χ1) is 18.2. The maximum atomic E-state index is 13.0. The number of fused-ring (bicyclic) bond motifs is 3. The second-order valence-electron chi connectivity index (χ2n) is 9.07. The lowest BCUT2D eigenvalue weighted by Gasteiger charge is -2.11. The predicted octanol–water partition coefficient (Wildman–Crippen LogP) is 6.35. The number of nitrogens with one attached hydrogen (secondary N) is 1. The molecule has 2 N–H and O–H groups in total. The molecule has 192 valence electrons. The highest BCUT2D eigenvalue weighted by Crippen LogP contribution is 2.40. The minimum Gasteiger partial charge on any atom is -0.481 e. The largest absolute Gasteiger partial charge is 0.573 e. The lowest BCUT2D eigenvalue weighted by atomic mass is 10.0. The standard InChI is InChI=1S/C27H19F3N4O4/c28-27(29,30)37-19-9-17(16-2-1-7-31-13-16)8-18(10-19)26-33-25(34-38-26)15-4-6-22-21(11-15)20-5-3-14(12-23(35)36)24(20)32-22/h1-2,4,6-11,13-14,32H,3,5,12H2,(H,35,36). The molecule has 1 unspecified atom stereocenters. The molecule has 11 heteroatoms. The number of aromatic amines is 1. The van der Waals surface area contributed by atoms with Gasteiger partial charge in [0.15, 0.2) is 0 Å². The fourth-order valence-corrected chi connectivity index (χ4v) is 4.98. The summed E-state index contributed by atoms with van der Waals surface area (Å²) in [7, 11) is 0. The molecule has 0 bridgehead atoms. The Morgan fingerprint density at radius 2 is 1.95 bits per heavy atom. The molecule has 0 aliphatic heterocycles. The van der Waals surface area contributed by atoms with Gasteiger partial charge in [-0.25, -0.2) is 0 Å². The van der Waals surface area contributed by atoms with Crippen LogP contribution in [0.25, 0.3) is 44.9 Å². The van der Waals surface area contributed by atoms with Gasteiger partial charge in [0.05, 0.1) is 6.42 Å². The van der Waals surface area contributed by atoms with Crippen LogP contribution >= 0.6 is 0 Å². The summed E-state index contributed by atoms with van der Waals surface area (Å²) in [5.74, 6) is -1.03. The van der Waals surface area contributed by atoms with E-state index in [-0.39, 0.29) is 29.6 Å². The van der Waals surface area contributed by atoms with E-state index in [0.29, 0.717) is 16.7 Å². The number of nitrogens with zero attached hydrogens (tertiary/aromatic N) is 3. The van der Waals surface area contributed by atoms with E-state index < -0.39 is 18.1 Å². The normalized spacial score (nSPS) is 15.1. The van der Waals surface area contributed by atoms with Crippen molar-refractivity contribution in [2.75, 3.05) is 0 Å². The third-order valence-corrected chi connectivity index (χ3v) is 6.58. The molecule has 0 amide bonds. The van der Waals surface area contributed by atoms with Gasteiger partial charge in [-0.15, -0.1) is 13.2 Å². The average molecular weight is 520 g/mol. The molecule has 0 saturated carbocycles. The van der Waals surface area contributed by atoms with Crippen LogP contribution in [0, 0.1) is 0 Å². The fourth-order valence-electron chi connectivity index (χ4n) is 4.98. The summed E-state index contributed by atoms with van der Waals surface area (Å²) >= 11 is 0. The Kier molecular flexibility index (Phi) is 5.63. The van der Waals surface area contributed by atoms with Crippen LogP contribution in [0.15, 0.2) is 65.4 Å². The van der Waals surface area contributed by atoms with E-state index in [4.69, 9.17) is 4.52 Å². The minimum atomic E-state index is -4.87. The zero-order valence-electron chi connectivity index (χ0n) is 19.6. The van der Waals surface area contributed by atoms with Crippen molar-refractivity contribution >= 4 is 16.9 Å². The van der Waals surface area contributed by atoms with Gasteiger partial charge in [-0.1, -0.05) is 11.2 Å². The SMILES string of the molecule is O=C(O)CC1CCc2c1[nH]c1ccc(-c3noc(-c4cc(OC(F)(F)F)cc(-c5cccnc5)c4)n3)cc21. The highest BCUT2D eigenvalue weighted by atomic mass is 19.4. The second-order valence-corrected chi connectivity index (χ2v) is 9.07. The average Bonchev–Trinajstić information content (AvgIpc) is 3.59. The Morgan fingerprint density at radius 3 is 2.71 bits per heavy atom. The molecule has 38 heavy (non-hydrogen) atoms. The van der Waals surface area contributed by atoms with E-state index in [1.54, 1.807) is 30.5 Å². The number of carboxylic acids is 1. The van der Waals surface area contributed by atoms with Crippen LogP contribution in [-0.4, -0.2) is 37.5 Å². The molecule has 8 nitrogen and oxygen atoms in total. The van der Waals surface area contributed by atoms with Crippen LogP contribution in [0.5, 0.6) is 5.75 Å². The first-order valence-electron chi connectivity index (χ1n) is 11.8. The number of rotatable bonds is 6. The summed E-state index contributed by atoms with van der Waals surface area (Å²) in [5, 5.41) is 14.2. The van der Waals surface area contributed by atoms with Crippen LogP contribution in [0.2, 0.25) is 0 Å². The van der Waals surface area contributed by atoms with Gasteiger partial charge in [-0.3, -0.25) is 9.78 Å². The van der Waals surface area contributed by atoms with Crippen LogP contribution in [0.3, 0.4) is 0 Å². The number of alkyl halides is 3. The van der Waals surface area contributed by atoms with Gasteiger partial charge in [-0.05, 0) is 66.4 Å². The predicted molar refractivity (Wildman–Crippen MR) is 130 cm³/mol. The van der Waals surface area contributed by atoms with Crippen molar-refractivity contribution in [2.24, 2.45) is 0 Å². The maximum Gasteiger partial charge on any atom is 0.573 e. The number of H-pyrrole nitrogens is 1. The van der Waals surface area contributed by atoms with Gasteiger partial charge < -0.3 is 19.4 Å². The summed E-state index contributed by atoms with van der Waals surface area (Å²) < 4.78 is 48.6. The number of benzene rings is 2. The van der Waals surface area contributed by atoms with Crippen molar-refractivity contribution in [3.63, 3.8) is 0 Å². The van der Waals surface area contributed by atoms with Crippen molar-refractivity contribution in [2.45, 2.75) is 31.5 Å². The van der Waals surface area contributed by atoms with E-state index >= 15 is 0 Å². The molecule has 5 aromatic rings. The summed E-state index contributed by atoms with van der Waals surface area (Å²) in [4.78, 5) is 23.0. The number of ether oxygens (including phenoxy) is 1. The second kappa shape index (κ2) is 9.02. The molecule has 6 rings (SSSR count).